The maximum atomic E-state index is 14.4. The molecule has 5 aromatic rings. The lowest BCUT2D eigenvalue weighted by Gasteiger charge is -2.17. The van der Waals surface area contributed by atoms with Gasteiger partial charge >= 0.3 is 6.18 Å². The molecular weight excluding hydrogens is 535 g/mol. The van der Waals surface area contributed by atoms with Crippen LogP contribution in [0.5, 0.6) is 0 Å². The molecule has 39 heavy (non-hydrogen) atoms. The number of fused-ring (bicyclic) bond motifs is 1. The van der Waals surface area contributed by atoms with Gasteiger partial charge in [0, 0.05) is 10.8 Å². The first kappa shape index (κ1) is 24.9. The Hall–Kier alpha value is -4.36. The highest BCUT2D eigenvalue weighted by atomic mass is 35.5. The number of nitrogens with zero attached hydrogens (tertiary/aromatic N) is 7. The first-order chi connectivity index (χ1) is 18.8. The fourth-order valence-corrected chi connectivity index (χ4v) is 4.95. The van der Waals surface area contributed by atoms with Crippen LogP contribution in [0.15, 0.2) is 61.3 Å². The number of aromatic nitrogens is 7. The highest BCUT2D eigenvalue weighted by Gasteiger charge is 2.41. The molecule has 1 fully saturated rings. The molecule has 10 nitrogen and oxygen atoms in total. The van der Waals surface area contributed by atoms with Crippen LogP contribution < -0.4 is 10.6 Å². The highest BCUT2D eigenvalue weighted by molar-refractivity contribution is 6.32. The van der Waals surface area contributed by atoms with Gasteiger partial charge in [0.1, 0.15) is 0 Å². The molecule has 0 aliphatic carbocycles. The Bertz CT molecular complexity index is 1680. The van der Waals surface area contributed by atoms with Gasteiger partial charge in [-0.05, 0) is 25.5 Å². The lowest BCUT2D eigenvalue weighted by atomic mass is 10.0. The van der Waals surface area contributed by atoms with Crippen molar-refractivity contribution in [1.82, 2.24) is 40.1 Å². The normalized spacial score (nSPS) is 15.6. The third-order valence-corrected chi connectivity index (χ3v) is 6.67. The second kappa shape index (κ2) is 9.75. The van der Waals surface area contributed by atoms with E-state index in [0.717, 1.165) is 36.7 Å². The molecular formula is C25H19ClF3N9O. The highest BCUT2D eigenvalue weighted by Crippen LogP contribution is 2.37. The van der Waals surface area contributed by atoms with Crippen molar-refractivity contribution in [2.75, 3.05) is 11.9 Å². The Morgan fingerprint density at radius 2 is 1.82 bits per heavy atom. The summed E-state index contributed by atoms with van der Waals surface area (Å²) in [7, 11) is 0. The number of anilines is 1. The Labute approximate surface area is 223 Å². The Kier molecular flexibility index (Phi) is 6.23. The van der Waals surface area contributed by atoms with Gasteiger partial charge in [-0.15, -0.1) is 4.80 Å². The molecule has 1 aromatic carbocycles. The van der Waals surface area contributed by atoms with Gasteiger partial charge < -0.3 is 10.6 Å². The number of amides is 1. The van der Waals surface area contributed by atoms with Gasteiger partial charge in [-0.25, -0.2) is 9.67 Å². The van der Waals surface area contributed by atoms with E-state index in [1.807, 2.05) is 12.1 Å². The van der Waals surface area contributed by atoms with Crippen LogP contribution in [-0.4, -0.2) is 47.2 Å². The number of pyridine rings is 2. The van der Waals surface area contributed by atoms with Gasteiger partial charge in [-0.1, -0.05) is 35.9 Å². The molecule has 0 bridgehead atoms. The van der Waals surface area contributed by atoms with E-state index in [1.165, 1.54) is 35.7 Å². The van der Waals surface area contributed by atoms with Crippen LogP contribution in [0.4, 0.5) is 18.9 Å². The largest absolute Gasteiger partial charge is 0.434 e. The standard InChI is InChI=1S/C25H19ClF3N9O/c26-18-10-14(11-32-23(18)38-33-8-9-34-38)36-24(39)17-12-35-37(22(17)25(27,28)29)20-13-31-21(19-6-3-7-30-19)16-5-2-1-4-15(16)20/h1-2,4-5,8-13,19,30H,3,6-7H2,(H,36,39). The van der Waals surface area contributed by atoms with Gasteiger partial charge in [-0.3, -0.25) is 9.78 Å². The number of hydrogen-bond acceptors (Lipinski definition) is 7. The van der Waals surface area contributed by atoms with E-state index in [-0.39, 0.29) is 28.3 Å². The molecule has 0 radical (unpaired) electrons. The van der Waals surface area contributed by atoms with Gasteiger partial charge in [0.2, 0.25) is 0 Å². The smallest absolute Gasteiger partial charge is 0.320 e. The number of hydrogen-bond donors (Lipinski definition) is 2. The van der Waals surface area contributed by atoms with Crippen LogP contribution in [0.25, 0.3) is 22.3 Å². The summed E-state index contributed by atoms with van der Waals surface area (Å²) in [4.78, 5) is 22.9. The van der Waals surface area contributed by atoms with E-state index in [1.54, 1.807) is 12.1 Å². The van der Waals surface area contributed by atoms with E-state index in [9.17, 15) is 18.0 Å². The van der Waals surface area contributed by atoms with Crippen LogP contribution in [-0.2, 0) is 6.18 Å². The number of carbonyl (C=O) groups excluding carboxylic acids is 1. The van der Waals surface area contributed by atoms with Crippen molar-refractivity contribution >= 4 is 34.0 Å². The van der Waals surface area contributed by atoms with E-state index in [4.69, 9.17) is 11.6 Å². The summed E-state index contributed by atoms with van der Waals surface area (Å²) in [5, 5.41) is 19.0. The lowest BCUT2D eigenvalue weighted by molar-refractivity contribution is -0.143. The third-order valence-electron chi connectivity index (χ3n) is 6.39. The molecule has 198 valence electrons. The molecule has 1 atom stereocenters. The van der Waals surface area contributed by atoms with Crippen LogP contribution >= 0.6 is 11.6 Å². The number of nitrogens with one attached hydrogen (secondary N) is 2. The second-order valence-electron chi connectivity index (χ2n) is 8.84. The minimum atomic E-state index is -4.90. The predicted octanol–water partition coefficient (Wildman–Crippen LogP) is 4.75. The first-order valence-electron chi connectivity index (χ1n) is 11.9. The van der Waals surface area contributed by atoms with Gasteiger partial charge in [-0.2, -0.15) is 28.5 Å². The van der Waals surface area contributed by atoms with Crippen molar-refractivity contribution < 1.29 is 18.0 Å². The van der Waals surface area contributed by atoms with Crippen molar-refractivity contribution in [1.29, 1.82) is 0 Å². The monoisotopic (exact) mass is 553 g/mol. The summed E-state index contributed by atoms with van der Waals surface area (Å²) in [5.41, 5.74) is -0.928. The molecule has 5 heterocycles. The minimum absolute atomic E-state index is 0.0147. The van der Waals surface area contributed by atoms with Gasteiger partial charge in [0.15, 0.2) is 11.5 Å². The third kappa shape index (κ3) is 4.59. The van der Waals surface area contributed by atoms with Gasteiger partial charge in [0.25, 0.3) is 5.91 Å². The zero-order valence-corrected chi connectivity index (χ0v) is 20.8. The first-order valence-corrected chi connectivity index (χ1v) is 12.3. The Morgan fingerprint density at radius 1 is 1.05 bits per heavy atom. The van der Waals surface area contributed by atoms with E-state index in [2.05, 4.69) is 35.9 Å². The summed E-state index contributed by atoms with van der Waals surface area (Å²) in [6.07, 6.45) is 3.33. The van der Waals surface area contributed by atoms with E-state index >= 15 is 0 Å². The van der Waals surface area contributed by atoms with E-state index < -0.39 is 23.3 Å². The molecule has 1 unspecified atom stereocenters. The average Bonchev–Trinajstić information content (AvgIpc) is 3.70. The number of carbonyl (C=O) groups is 1. The molecule has 14 heteroatoms. The lowest BCUT2D eigenvalue weighted by Crippen LogP contribution is -2.21. The quantitative estimate of drug-likeness (QED) is 0.323. The zero-order valence-electron chi connectivity index (χ0n) is 20.0. The zero-order chi connectivity index (χ0) is 27.1. The van der Waals surface area contributed by atoms with Crippen LogP contribution in [0.1, 0.15) is 40.6 Å². The summed E-state index contributed by atoms with van der Waals surface area (Å²) in [5.74, 6) is -0.834. The molecule has 1 aliphatic heterocycles. The molecule has 1 saturated heterocycles. The van der Waals surface area contributed by atoms with Crippen LogP contribution in [0.3, 0.4) is 0 Å². The van der Waals surface area contributed by atoms with Gasteiger partial charge in [0.05, 0.1) is 64.7 Å². The SMILES string of the molecule is O=C(Nc1cnc(-n2nccn2)c(Cl)c1)c1cnn(-c2cnc(C3CCCN3)c3ccccc23)c1C(F)(F)F. The summed E-state index contributed by atoms with van der Waals surface area (Å²) >= 11 is 6.23. The van der Waals surface area contributed by atoms with Crippen molar-refractivity contribution in [3.05, 3.63) is 83.3 Å². The van der Waals surface area contributed by atoms with Crippen molar-refractivity contribution in [2.45, 2.75) is 25.1 Å². The predicted molar refractivity (Wildman–Crippen MR) is 136 cm³/mol. The molecule has 0 spiro atoms. The maximum Gasteiger partial charge on any atom is 0.434 e. The van der Waals surface area contributed by atoms with Crippen molar-refractivity contribution in [2.24, 2.45) is 0 Å². The number of alkyl halides is 3. The summed E-state index contributed by atoms with van der Waals surface area (Å²) in [6.45, 7) is 0.849. The van der Waals surface area contributed by atoms with Crippen molar-refractivity contribution in [3.63, 3.8) is 0 Å². The molecule has 6 rings (SSSR count). The fraction of sp³-hybridized carbons (Fsp3) is 0.200. The van der Waals surface area contributed by atoms with Crippen LogP contribution in [0, 0.1) is 0 Å². The Morgan fingerprint density at radius 3 is 2.51 bits per heavy atom. The summed E-state index contributed by atoms with van der Waals surface area (Å²) < 4.78 is 43.9. The van der Waals surface area contributed by atoms with E-state index in [0.29, 0.717) is 10.1 Å². The number of halogens is 4. The number of rotatable bonds is 5. The van der Waals surface area contributed by atoms with Crippen LogP contribution in [0.2, 0.25) is 5.02 Å². The molecule has 1 amide bonds. The fourth-order valence-electron chi connectivity index (χ4n) is 4.70. The molecule has 2 N–H and O–H groups in total. The maximum absolute atomic E-state index is 14.4. The molecule has 0 saturated carbocycles. The minimum Gasteiger partial charge on any atom is -0.320 e. The average molecular weight is 554 g/mol. The topological polar surface area (TPSA) is 115 Å². The van der Waals surface area contributed by atoms with Crippen molar-refractivity contribution in [3.8, 4) is 11.5 Å². The Balaban J connectivity index is 1.38. The second-order valence-corrected chi connectivity index (χ2v) is 9.25. The summed E-state index contributed by atoms with van der Waals surface area (Å²) in [6, 6.07) is 8.45. The number of benzene rings is 1. The molecule has 1 aliphatic rings. The molecule has 4 aromatic heterocycles.